The number of aromatic nitrogens is 2. The van der Waals surface area contributed by atoms with Gasteiger partial charge in [-0.3, -0.25) is 9.13 Å². The van der Waals surface area contributed by atoms with E-state index >= 15 is 0 Å². The minimum Gasteiger partial charge on any atom is -0.395 e. The smallest absolute Gasteiger partial charge is 0.328 e. The van der Waals surface area contributed by atoms with Crippen LogP contribution in [-0.2, 0) is 6.54 Å². The number of hydrogen-bond donors (Lipinski definition) is 1. The summed E-state index contributed by atoms with van der Waals surface area (Å²) >= 11 is 0. The first-order chi connectivity index (χ1) is 10.1. The van der Waals surface area contributed by atoms with Crippen LogP contribution in [0.25, 0.3) is 0 Å². The topological polar surface area (TPSA) is 47.2 Å². The fourth-order valence-electron chi connectivity index (χ4n) is 2.12. The van der Waals surface area contributed by atoms with E-state index in [-0.39, 0.29) is 18.3 Å². The highest BCUT2D eigenvalue weighted by Crippen LogP contribution is 2.09. The molecule has 0 unspecified atom stereocenters. The van der Waals surface area contributed by atoms with Crippen molar-refractivity contribution in [2.24, 2.45) is 0 Å². The van der Waals surface area contributed by atoms with E-state index in [1.165, 1.54) is 0 Å². The van der Waals surface area contributed by atoms with Gasteiger partial charge in [-0.1, -0.05) is 30.0 Å². The average Bonchev–Trinajstić information content (AvgIpc) is 2.82. The second-order valence-corrected chi connectivity index (χ2v) is 5.14. The van der Waals surface area contributed by atoms with Crippen LogP contribution >= 0.6 is 0 Å². The zero-order valence-corrected chi connectivity index (χ0v) is 12.4. The van der Waals surface area contributed by atoms with Crippen LogP contribution in [0.5, 0.6) is 0 Å². The van der Waals surface area contributed by atoms with Crippen LogP contribution in [0.2, 0.25) is 0 Å². The van der Waals surface area contributed by atoms with Crippen LogP contribution in [-0.4, -0.2) is 20.8 Å². The van der Waals surface area contributed by atoms with Crippen molar-refractivity contribution >= 4 is 0 Å². The first-order valence-corrected chi connectivity index (χ1v) is 7.08. The molecule has 0 aliphatic rings. The Morgan fingerprint density at radius 3 is 2.67 bits per heavy atom. The first-order valence-electron chi connectivity index (χ1n) is 7.08. The minimum atomic E-state index is -0.0110. The highest BCUT2D eigenvalue weighted by molar-refractivity contribution is 5.41. The summed E-state index contributed by atoms with van der Waals surface area (Å²) in [7, 11) is 0. The minimum absolute atomic E-state index is 0.0110. The molecule has 0 saturated carbocycles. The molecule has 4 heteroatoms. The lowest BCUT2D eigenvalue weighted by Gasteiger charge is -2.06. The molecule has 1 heterocycles. The van der Waals surface area contributed by atoms with E-state index in [0.29, 0.717) is 13.0 Å². The van der Waals surface area contributed by atoms with Crippen molar-refractivity contribution in [2.75, 3.05) is 6.61 Å². The largest absolute Gasteiger partial charge is 0.395 e. The Bertz CT molecular complexity index is 714. The molecular formula is C17H20N2O2. The van der Waals surface area contributed by atoms with Crippen LogP contribution in [0.1, 0.15) is 37.4 Å². The van der Waals surface area contributed by atoms with Crippen LogP contribution in [0.4, 0.5) is 0 Å². The monoisotopic (exact) mass is 284 g/mol. The number of nitrogens with zero attached hydrogens (tertiary/aromatic N) is 2. The van der Waals surface area contributed by atoms with E-state index in [9.17, 15) is 4.79 Å². The van der Waals surface area contributed by atoms with Gasteiger partial charge >= 0.3 is 5.69 Å². The number of imidazole rings is 1. The molecule has 1 aromatic heterocycles. The van der Waals surface area contributed by atoms with Crippen LogP contribution in [0.3, 0.4) is 0 Å². The fourth-order valence-corrected chi connectivity index (χ4v) is 2.12. The van der Waals surface area contributed by atoms with Crippen LogP contribution in [0.15, 0.2) is 41.5 Å². The third kappa shape index (κ3) is 3.65. The van der Waals surface area contributed by atoms with Gasteiger partial charge in [0.05, 0.1) is 13.2 Å². The molecular weight excluding hydrogens is 264 g/mol. The maximum Gasteiger partial charge on any atom is 0.328 e. The molecule has 21 heavy (non-hydrogen) atoms. The van der Waals surface area contributed by atoms with Crippen molar-refractivity contribution in [3.63, 3.8) is 0 Å². The normalized spacial score (nSPS) is 10.5. The second kappa shape index (κ2) is 6.96. The van der Waals surface area contributed by atoms with Crippen molar-refractivity contribution in [3.05, 3.63) is 58.3 Å². The lowest BCUT2D eigenvalue weighted by molar-refractivity contribution is 0.305. The van der Waals surface area contributed by atoms with Gasteiger partial charge in [-0.25, -0.2) is 4.79 Å². The quantitative estimate of drug-likeness (QED) is 0.873. The highest BCUT2D eigenvalue weighted by atomic mass is 16.2. The first kappa shape index (κ1) is 15.1. The lowest BCUT2D eigenvalue weighted by atomic mass is 10.1. The molecule has 0 atom stereocenters. The SMILES string of the molecule is CC(C)n1ccn(Cc2ccccc2C#CCCO)c1=O. The number of aliphatic hydroxyl groups is 1. The summed E-state index contributed by atoms with van der Waals surface area (Å²) in [5.74, 6) is 5.97. The van der Waals surface area contributed by atoms with Crippen LogP contribution in [0, 0.1) is 11.8 Å². The molecule has 0 radical (unpaired) electrons. The van der Waals surface area contributed by atoms with E-state index in [2.05, 4.69) is 11.8 Å². The summed E-state index contributed by atoms with van der Waals surface area (Å²) in [4.78, 5) is 12.2. The summed E-state index contributed by atoms with van der Waals surface area (Å²) < 4.78 is 3.40. The summed E-state index contributed by atoms with van der Waals surface area (Å²) in [6.07, 6.45) is 4.07. The molecule has 0 spiro atoms. The standard InChI is InChI=1S/C17H20N2O2/c1-14(2)19-11-10-18(17(19)21)13-16-9-4-3-7-15(16)8-5-6-12-20/h3-4,7,9-11,14,20H,6,12-13H2,1-2H3. The Labute approximate surface area is 124 Å². The van der Waals surface area contributed by atoms with Gasteiger partial charge in [-0.05, 0) is 25.5 Å². The molecule has 0 bridgehead atoms. The third-order valence-corrected chi connectivity index (χ3v) is 3.25. The Hall–Kier alpha value is -2.25. The van der Waals surface area contributed by atoms with E-state index in [4.69, 9.17) is 5.11 Å². The van der Waals surface area contributed by atoms with E-state index in [0.717, 1.165) is 11.1 Å². The van der Waals surface area contributed by atoms with Gasteiger partial charge < -0.3 is 5.11 Å². The molecule has 1 N–H and O–H groups in total. The number of benzene rings is 1. The molecule has 0 aliphatic carbocycles. The third-order valence-electron chi connectivity index (χ3n) is 3.25. The molecule has 0 saturated heterocycles. The number of hydrogen-bond acceptors (Lipinski definition) is 2. The van der Waals surface area contributed by atoms with Gasteiger partial charge in [-0.2, -0.15) is 0 Å². The predicted octanol–water partition coefficient (Wildman–Crippen LogP) is 2.01. The van der Waals surface area contributed by atoms with Crippen LogP contribution < -0.4 is 5.69 Å². The molecule has 0 amide bonds. The Balaban J connectivity index is 2.29. The molecule has 2 aromatic rings. The van der Waals surface area contributed by atoms with Crippen molar-refractivity contribution < 1.29 is 5.11 Å². The highest BCUT2D eigenvalue weighted by Gasteiger charge is 2.07. The van der Waals surface area contributed by atoms with Gasteiger partial charge in [0.2, 0.25) is 0 Å². The van der Waals surface area contributed by atoms with E-state index in [1.54, 1.807) is 15.3 Å². The Morgan fingerprint density at radius 2 is 2.00 bits per heavy atom. The summed E-state index contributed by atoms with van der Waals surface area (Å²) in [6, 6.07) is 7.93. The second-order valence-electron chi connectivity index (χ2n) is 5.14. The lowest BCUT2D eigenvalue weighted by Crippen LogP contribution is -2.25. The summed E-state index contributed by atoms with van der Waals surface area (Å²) in [6.45, 7) is 4.54. The number of rotatable bonds is 4. The average molecular weight is 284 g/mol. The zero-order chi connectivity index (χ0) is 15.2. The van der Waals surface area contributed by atoms with E-state index in [1.807, 2.05) is 44.3 Å². The van der Waals surface area contributed by atoms with Gasteiger partial charge in [-0.15, -0.1) is 0 Å². The predicted molar refractivity (Wildman–Crippen MR) is 83.2 cm³/mol. The van der Waals surface area contributed by atoms with Crippen molar-refractivity contribution in [1.82, 2.24) is 9.13 Å². The Morgan fingerprint density at radius 1 is 1.24 bits per heavy atom. The summed E-state index contributed by atoms with van der Waals surface area (Å²) in [5.41, 5.74) is 1.89. The molecule has 0 aliphatic heterocycles. The summed E-state index contributed by atoms with van der Waals surface area (Å²) in [5, 5.41) is 8.79. The molecule has 1 aromatic carbocycles. The maximum atomic E-state index is 12.2. The Kier molecular flexibility index (Phi) is 5.02. The molecule has 4 nitrogen and oxygen atoms in total. The van der Waals surface area contributed by atoms with E-state index < -0.39 is 0 Å². The van der Waals surface area contributed by atoms with Gasteiger partial charge in [0.15, 0.2) is 0 Å². The molecule has 2 rings (SSSR count). The van der Waals surface area contributed by atoms with Gasteiger partial charge in [0, 0.05) is 30.4 Å². The molecule has 110 valence electrons. The van der Waals surface area contributed by atoms with Crippen molar-refractivity contribution in [1.29, 1.82) is 0 Å². The number of aliphatic hydroxyl groups excluding tert-OH is 1. The maximum absolute atomic E-state index is 12.2. The van der Waals surface area contributed by atoms with Gasteiger partial charge in [0.1, 0.15) is 0 Å². The van der Waals surface area contributed by atoms with Crippen molar-refractivity contribution in [2.45, 2.75) is 32.9 Å². The van der Waals surface area contributed by atoms with Gasteiger partial charge in [0.25, 0.3) is 0 Å². The fraction of sp³-hybridized carbons (Fsp3) is 0.353. The zero-order valence-electron chi connectivity index (χ0n) is 12.4. The molecule has 0 fully saturated rings. The van der Waals surface area contributed by atoms with Crippen molar-refractivity contribution in [3.8, 4) is 11.8 Å².